The maximum atomic E-state index is 13.1. The van der Waals surface area contributed by atoms with Gasteiger partial charge in [0, 0.05) is 38.0 Å². The van der Waals surface area contributed by atoms with Crippen LogP contribution in [-0.4, -0.2) is 72.4 Å². The Bertz CT molecular complexity index is 664. The Morgan fingerprint density at radius 3 is 1.65 bits per heavy atom. The number of nitrogens with zero attached hydrogens (tertiary/aromatic N) is 2. The third-order valence-electron chi connectivity index (χ3n) is 6.33. The van der Waals surface area contributed by atoms with Crippen LogP contribution in [0.3, 0.4) is 0 Å². The largest absolute Gasteiger partial charge is 0.469 e. The van der Waals surface area contributed by atoms with Crippen LogP contribution in [0.2, 0.25) is 0 Å². The van der Waals surface area contributed by atoms with E-state index in [0.717, 1.165) is 12.8 Å². The van der Waals surface area contributed by atoms with Gasteiger partial charge in [-0.2, -0.15) is 0 Å². The molecule has 2 aliphatic rings. The van der Waals surface area contributed by atoms with Gasteiger partial charge in [0.05, 0.1) is 25.6 Å². The van der Waals surface area contributed by atoms with Gasteiger partial charge in [0.1, 0.15) is 0 Å². The van der Waals surface area contributed by atoms with Gasteiger partial charge in [0.2, 0.25) is 11.8 Å². The zero-order chi connectivity index (χ0) is 23.1. The van der Waals surface area contributed by atoms with Crippen LogP contribution in [-0.2, 0) is 28.7 Å². The smallest absolute Gasteiger partial charge is 0.309 e. The molecular formula is C23H38N2O6. The summed E-state index contributed by atoms with van der Waals surface area (Å²) in [5.41, 5.74) is 0. The minimum atomic E-state index is -0.742. The number of rotatable bonds is 11. The van der Waals surface area contributed by atoms with Crippen LogP contribution >= 0.6 is 0 Å². The Morgan fingerprint density at radius 1 is 0.839 bits per heavy atom. The predicted molar refractivity (Wildman–Crippen MR) is 115 cm³/mol. The molecule has 4 unspecified atom stereocenters. The molecule has 8 heteroatoms. The van der Waals surface area contributed by atoms with Gasteiger partial charge in [-0.15, -0.1) is 0 Å². The molecule has 2 fully saturated rings. The fraction of sp³-hybridized carbons (Fsp3) is 0.826. The third-order valence-corrected chi connectivity index (χ3v) is 6.33. The zero-order valence-electron chi connectivity index (χ0n) is 19.6. The Kier molecular flexibility index (Phi) is 9.32. The van der Waals surface area contributed by atoms with E-state index in [4.69, 9.17) is 9.47 Å². The van der Waals surface area contributed by atoms with Gasteiger partial charge >= 0.3 is 11.9 Å². The van der Waals surface area contributed by atoms with Gasteiger partial charge in [-0.05, 0) is 45.4 Å². The van der Waals surface area contributed by atoms with Gasteiger partial charge in [0.25, 0.3) is 0 Å². The molecule has 0 radical (unpaired) electrons. The van der Waals surface area contributed by atoms with Crippen LogP contribution in [0.5, 0.6) is 0 Å². The molecule has 4 atom stereocenters. The number of esters is 2. The van der Waals surface area contributed by atoms with Crippen LogP contribution in [0.15, 0.2) is 0 Å². The summed E-state index contributed by atoms with van der Waals surface area (Å²) in [7, 11) is 1.31. The summed E-state index contributed by atoms with van der Waals surface area (Å²) in [6, 6.07) is -0.384. The number of hydrogen-bond acceptors (Lipinski definition) is 6. The normalized spacial score (nSPS) is 20.7. The van der Waals surface area contributed by atoms with Crippen LogP contribution < -0.4 is 0 Å². The van der Waals surface area contributed by atoms with Crippen molar-refractivity contribution >= 4 is 23.8 Å². The van der Waals surface area contributed by atoms with Crippen molar-refractivity contribution in [2.45, 2.75) is 78.3 Å². The minimum absolute atomic E-state index is 0.0751. The first-order valence-electron chi connectivity index (χ1n) is 11.5. The Morgan fingerprint density at radius 2 is 1.29 bits per heavy atom. The monoisotopic (exact) mass is 438 g/mol. The Hall–Kier alpha value is -2.12. The predicted octanol–water partition coefficient (Wildman–Crippen LogP) is 2.39. The summed E-state index contributed by atoms with van der Waals surface area (Å²) >= 11 is 0. The van der Waals surface area contributed by atoms with Crippen molar-refractivity contribution in [3.63, 3.8) is 0 Å². The lowest BCUT2D eigenvalue weighted by molar-refractivity contribution is -0.162. The molecule has 0 aliphatic carbocycles. The molecule has 176 valence electrons. The molecule has 2 aliphatic heterocycles. The number of likely N-dealkylation sites (tertiary alicyclic amines) is 2. The molecule has 2 rings (SSSR count). The first-order valence-corrected chi connectivity index (χ1v) is 11.5. The lowest BCUT2D eigenvalue weighted by atomic mass is 9.82. The summed E-state index contributed by atoms with van der Waals surface area (Å²) in [4.78, 5) is 53.8. The van der Waals surface area contributed by atoms with E-state index in [0.29, 0.717) is 38.8 Å². The molecule has 0 bridgehead atoms. The molecule has 0 aromatic heterocycles. The van der Waals surface area contributed by atoms with E-state index in [1.54, 1.807) is 9.80 Å². The highest BCUT2D eigenvalue weighted by Crippen LogP contribution is 2.30. The van der Waals surface area contributed by atoms with E-state index in [2.05, 4.69) is 0 Å². The van der Waals surface area contributed by atoms with Crippen molar-refractivity contribution < 1.29 is 28.7 Å². The number of carbonyl (C=O) groups excluding carboxylic acids is 4. The number of amides is 2. The molecular weight excluding hydrogens is 400 g/mol. The quantitative estimate of drug-likeness (QED) is 0.460. The van der Waals surface area contributed by atoms with Crippen molar-refractivity contribution in [1.29, 1.82) is 0 Å². The van der Waals surface area contributed by atoms with E-state index in [-0.39, 0.29) is 36.4 Å². The lowest BCUT2D eigenvalue weighted by Gasteiger charge is -2.33. The summed E-state index contributed by atoms with van der Waals surface area (Å²) in [5, 5.41) is 0. The molecule has 0 aromatic rings. The van der Waals surface area contributed by atoms with E-state index in [1.165, 1.54) is 7.11 Å². The van der Waals surface area contributed by atoms with Gasteiger partial charge in [0.15, 0.2) is 0 Å². The number of carbonyl (C=O) groups is 4. The zero-order valence-corrected chi connectivity index (χ0v) is 19.6. The van der Waals surface area contributed by atoms with E-state index >= 15 is 0 Å². The van der Waals surface area contributed by atoms with Crippen molar-refractivity contribution in [3.05, 3.63) is 0 Å². The second kappa shape index (κ2) is 11.5. The molecule has 2 saturated heterocycles. The van der Waals surface area contributed by atoms with Gasteiger partial charge < -0.3 is 19.3 Å². The number of hydrogen-bond donors (Lipinski definition) is 0. The summed E-state index contributed by atoms with van der Waals surface area (Å²) in [5.74, 6) is -2.09. The maximum absolute atomic E-state index is 13.1. The minimum Gasteiger partial charge on any atom is -0.469 e. The van der Waals surface area contributed by atoms with Crippen LogP contribution in [0.4, 0.5) is 0 Å². The van der Waals surface area contributed by atoms with E-state index in [1.807, 2.05) is 27.7 Å². The van der Waals surface area contributed by atoms with Crippen LogP contribution in [0, 0.1) is 17.8 Å². The molecule has 2 heterocycles. The molecule has 0 saturated carbocycles. The van der Waals surface area contributed by atoms with Crippen molar-refractivity contribution in [1.82, 2.24) is 9.80 Å². The lowest BCUT2D eigenvalue weighted by Crippen LogP contribution is -2.43. The highest BCUT2D eigenvalue weighted by molar-refractivity contribution is 5.83. The molecule has 0 N–H and O–H groups in total. The highest BCUT2D eigenvalue weighted by Gasteiger charge is 2.41. The molecule has 8 nitrogen and oxygen atoms in total. The SMILES string of the molecule is COC(=O)C(CC(C)N1CCCC1=O)C(CC(C)N1CCCC1=O)C(=O)OCC(C)C. The fourth-order valence-corrected chi connectivity index (χ4v) is 4.62. The third kappa shape index (κ3) is 6.68. The first kappa shape index (κ1) is 25.1. The second-order valence-electron chi connectivity index (χ2n) is 9.31. The van der Waals surface area contributed by atoms with Gasteiger partial charge in [-0.3, -0.25) is 19.2 Å². The van der Waals surface area contributed by atoms with E-state index < -0.39 is 23.8 Å². The van der Waals surface area contributed by atoms with Crippen LogP contribution in [0.25, 0.3) is 0 Å². The average molecular weight is 439 g/mol. The summed E-state index contributed by atoms with van der Waals surface area (Å²) < 4.78 is 10.6. The van der Waals surface area contributed by atoms with Crippen molar-refractivity contribution in [3.8, 4) is 0 Å². The maximum Gasteiger partial charge on any atom is 0.309 e. The van der Waals surface area contributed by atoms with Gasteiger partial charge in [-0.1, -0.05) is 13.8 Å². The first-order chi connectivity index (χ1) is 14.6. The highest BCUT2D eigenvalue weighted by atomic mass is 16.5. The van der Waals surface area contributed by atoms with Crippen molar-refractivity contribution in [2.75, 3.05) is 26.8 Å². The fourth-order valence-electron chi connectivity index (χ4n) is 4.62. The summed E-state index contributed by atoms with van der Waals surface area (Å²) in [6.45, 7) is 9.31. The molecule has 2 amide bonds. The van der Waals surface area contributed by atoms with Crippen LogP contribution in [0.1, 0.15) is 66.2 Å². The van der Waals surface area contributed by atoms with Crippen molar-refractivity contribution in [2.24, 2.45) is 17.8 Å². The molecule has 31 heavy (non-hydrogen) atoms. The Labute approximate surface area is 185 Å². The topological polar surface area (TPSA) is 93.2 Å². The van der Waals surface area contributed by atoms with E-state index in [9.17, 15) is 19.2 Å². The number of ether oxygens (including phenoxy) is 2. The standard InChI is InChI=1S/C23H38N2O6/c1-15(2)14-31-23(29)19(13-17(4)25-11-7-9-21(25)27)18(22(28)30-5)12-16(3)24-10-6-8-20(24)26/h15-19H,6-14H2,1-5H3. The summed E-state index contributed by atoms with van der Waals surface area (Å²) in [6.07, 6.45) is 3.28. The van der Waals surface area contributed by atoms with Gasteiger partial charge in [-0.25, -0.2) is 0 Å². The average Bonchev–Trinajstić information content (AvgIpc) is 3.35. The molecule has 0 spiro atoms. The molecule has 0 aromatic carbocycles. The second-order valence-corrected chi connectivity index (χ2v) is 9.31. The number of methoxy groups -OCH3 is 1. The Balaban J connectivity index is 2.23.